The molecule has 0 bridgehead atoms. The number of hydrogen-bond acceptors (Lipinski definition) is 6. The van der Waals surface area contributed by atoms with Crippen LogP contribution in [0.4, 0.5) is 10.7 Å². The number of thiophene rings is 1. The van der Waals surface area contributed by atoms with Gasteiger partial charge in [-0.25, -0.2) is 8.42 Å². The quantitative estimate of drug-likeness (QED) is 0.820. The number of primary amides is 1. The number of carbonyl (C=O) groups excluding carboxylic acids is 1. The normalized spacial score (nSPS) is 15.7. The number of nitrogens with zero attached hydrogens (tertiary/aromatic N) is 1. The number of nitrogens with two attached hydrogens (primary N) is 2. The van der Waals surface area contributed by atoms with E-state index < -0.39 is 15.7 Å². The molecule has 0 aromatic carbocycles. The van der Waals surface area contributed by atoms with Crippen molar-refractivity contribution in [2.75, 3.05) is 30.0 Å². The van der Waals surface area contributed by atoms with Crippen molar-refractivity contribution in [1.29, 1.82) is 0 Å². The molecule has 21 heavy (non-hydrogen) atoms. The molecule has 1 aliphatic rings. The number of amides is 1. The van der Waals surface area contributed by atoms with Crippen LogP contribution in [0.2, 0.25) is 0 Å². The van der Waals surface area contributed by atoms with Gasteiger partial charge >= 0.3 is 0 Å². The van der Waals surface area contributed by atoms with E-state index in [2.05, 4.69) is 0 Å². The number of rotatable bonds is 6. The molecule has 1 aliphatic carbocycles. The van der Waals surface area contributed by atoms with Crippen molar-refractivity contribution in [1.82, 2.24) is 0 Å². The van der Waals surface area contributed by atoms with E-state index in [-0.39, 0.29) is 21.2 Å². The van der Waals surface area contributed by atoms with Gasteiger partial charge in [0.25, 0.3) is 5.91 Å². The zero-order valence-corrected chi connectivity index (χ0v) is 13.9. The van der Waals surface area contributed by atoms with Crippen LogP contribution in [0.1, 0.15) is 35.9 Å². The Balaban J connectivity index is 2.47. The Morgan fingerprint density at radius 3 is 2.48 bits per heavy atom. The fourth-order valence-electron chi connectivity index (χ4n) is 2.44. The molecule has 0 spiro atoms. The van der Waals surface area contributed by atoms with Crippen molar-refractivity contribution >= 4 is 37.8 Å². The SMILES string of the molecule is CCS(=O)(=O)c1c(N(C)CC2CCC2)sc(C(N)=O)c1N. The molecule has 0 aliphatic heterocycles. The van der Waals surface area contributed by atoms with Gasteiger partial charge in [-0.3, -0.25) is 4.79 Å². The maximum atomic E-state index is 12.3. The molecule has 0 radical (unpaired) electrons. The summed E-state index contributed by atoms with van der Waals surface area (Å²) in [6.07, 6.45) is 3.53. The van der Waals surface area contributed by atoms with Crippen LogP contribution in [0.3, 0.4) is 0 Å². The topological polar surface area (TPSA) is 106 Å². The highest BCUT2D eigenvalue weighted by Crippen LogP contribution is 2.42. The Bertz CT molecular complexity index is 648. The minimum Gasteiger partial charge on any atom is -0.396 e. The van der Waals surface area contributed by atoms with Gasteiger partial charge in [-0.15, -0.1) is 11.3 Å². The second kappa shape index (κ2) is 5.84. The minimum atomic E-state index is -3.51. The van der Waals surface area contributed by atoms with Gasteiger partial charge in [0.2, 0.25) is 0 Å². The first-order chi connectivity index (χ1) is 9.77. The number of hydrogen-bond donors (Lipinski definition) is 2. The fraction of sp³-hybridized carbons (Fsp3) is 0.615. The van der Waals surface area contributed by atoms with E-state index in [1.807, 2.05) is 11.9 Å². The van der Waals surface area contributed by atoms with E-state index in [9.17, 15) is 13.2 Å². The summed E-state index contributed by atoms with van der Waals surface area (Å²) < 4.78 is 24.6. The van der Waals surface area contributed by atoms with Crippen LogP contribution in [0.5, 0.6) is 0 Å². The first kappa shape index (κ1) is 16.1. The second-order valence-corrected chi connectivity index (χ2v) is 8.64. The highest BCUT2D eigenvalue weighted by atomic mass is 32.2. The molecule has 118 valence electrons. The second-order valence-electron chi connectivity index (χ2n) is 5.42. The third-order valence-electron chi connectivity index (χ3n) is 3.90. The molecule has 1 saturated carbocycles. The van der Waals surface area contributed by atoms with Crippen LogP contribution in [-0.4, -0.2) is 33.7 Å². The first-order valence-electron chi connectivity index (χ1n) is 6.93. The standard InChI is InChI=1S/C13H21N3O3S2/c1-3-21(18,19)11-9(14)10(12(15)17)20-13(11)16(2)7-8-5-4-6-8/h8H,3-7,14H2,1-2H3,(H2,15,17). The van der Waals surface area contributed by atoms with Gasteiger partial charge < -0.3 is 16.4 Å². The van der Waals surface area contributed by atoms with Crippen molar-refractivity contribution in [3.8, 4) is 0 Å². The average molecular weight is 331 g/mol. The summed E-state index contributed by atoms with van der Waals surface area (Å²) in [5.74, 6) is -0.169. The molecule has 0 atom stereocenters. The predicted octanol–water partition coefficient (Wildman–Crippen LogP) is 1.46. The van der Waals surface area contributed by atoms with Crippen LogP contribution in [-0.2, 0) is 9.84 Å². The molecule has 0 saturated heterocycles. The Labute approximate surface area is 129 Å². The third kappa shape index (κ3) is 3.01. The van der Waals surface area contributed by atoms with E-state index >= 15 is 0 Å². The van der Waals surface area contributed by atoms with Crippen LogP contribution in [0, 0.1) is 5.92 Å². The Hall–Kier alpha value is -1.28. The van der Waals surface area contributed by atoms with E-state index in [1.165, 1.54) is 6.42 Å². The lowest BCUT2D eigenvalue weighted by Crippen LogP contribution is -2.29. The van der Waals surface area contributed by atoms with Crippen molar-refractivity contribution < 1.29 is 13.2 Å². The van der Waals surface area contributed by atoms with E-state index in [4.69, 9.17) is 11.5 Å². The summed E-state index contributed by atoms with van der Waals surface area (Å²) in [6.45, 7) is 2.33. The molecule has 1 amide bonds. The van der Waals surface area contributed by atoms with Crippen molar-refractivity contribution in [3.05, 3.63) is 4.88 Å². The average Bonchev–Trinajstić information content (AvgIpc) is 2.72. The summed E-state index contributed by atoms with van der Waals surface area (Å²) >= 11 is 1.07. The summed E-state index contributed by atoms with van der Waals surface area (Å²) in [7, 11) is -1.67. The molecule has 1 aromatic heterocycles. The lowest BCUT2D eigenvalue weighted by molar-refractivity contribution is 0.100. The summed E-state index contributed by atoms with van der Waals surface area (Å²) in [5.41, 5.74) is 11.2. The predicted molar refractivity (Wildman–Crippen MR) is 85.6 cm³/mol. The summed E-state index contributed by atoms with van der Waals surface area (Å²) in [6, 6.07) is 0. The van der Waals surface area contributed by atoms with Gasteiger partial charge in [-0.1, -0.05) is 13.3 Å². The molecular weight excluding hydrogens is 310 g/mol. The zero-order chi connectivity index (χ0) is 15.8. The lowest BCUT2D eigenvalue weighted by Gasteiger charge is -2.31. The Morgan fingerprint density at radius 1 is 1.43 bits per heavy atom. The van der Waals surface area contributed by atoms with Gasteiger partial charge in [-0.2, -0.15) is 0 Å². The summed E-state index contributed by atoms with van der Waals surface area (Å²) in [4.78, 5) is 13.5. The number of sulfone groups is 1. The first-order valence-corrected chi connectivity index (χ1v) is 9.40. The van der Waals surface area contributed by atoms with Crippen molar-refractivity contribution in [2.24, 2.45) is 11.7 Å². The van der Waals surface area contributed by atoms with E-state index in [0.717, 1.165) is 30.7 Å². The Kier molecular flexibility index (Phi) is 4.48. The maximum absolute atomic E-state index is 12.3. The van der Waals surface area contributed by atoms with Crippen LogP contribution < -0.4 is 16.4 Å². The molecule has 1 fully saturated rings. The molecule has 0 unspecified atom stereocenters. The minimum absolute atomic E-state index is 0.00944. The largest absolute Gasteiger partial charge is 0.396 e. The van der Waals surface area contributed by atoms with Crippen LogP contribution in [0.15, 0.2) is 4.90 Å². The number of anilines is 2. The number of carbonyl (C=O) groups is 1. The zero-order valence-electron chi connectivity index (χ0n) is 12.3. The van der Waals surface area contributed by atoms with Gasteiger partial charge in [0.15, 0.2) is 9.84 Å². The third-order valence-corrected chi connectivity index (χ3v) is 7.16. The van der Waals surface area contributed by atoms with Crippen molar-refractivity contribution in [3.63, 3.8) is 0 Å². The van der Waals surface area contributed by atoms with Crippen LogP contribution in [0.25, 0.3) is 0 Å². The van der Waals surface area contributed by atoms with Crippen molar-refractivity contribution in [2.45, 2.75) is 31.1 Å². The van der Waals surface area contributed by atoms with Crippen LogP contribution >= 0.6 is 11.3 Å². The molecule has 6 nitrogen and oxygen atoms in total. The van der Waals surface area contributed by atoms with Gasteiger partial charge in [-0.05, 0) is 18.8 Å². The lowest BCUT2D eigenvalue weighted by atomic mass is 9.85. The molecular formula is C13H21N3O3S2. The van der Waals surface area contributed by atoms with E-state index in [1.54, 1.807) is 6.92 Å². The van der Waals surface area contributed by atoms with Gasteiger partial charge in [0, 0.05) is 13.6 Å². The molecule has 8 heteroatoms. The van der Waals surface area contributed by atoms with Gasteiger partial charge in [0.1, 0.15) is 14.8 Å². The highest BCUT2D eigenvalue weighted by molar-refractivity contribution is 7.92. The van der Waals surface area contributed by atoms with Gasteiger partial charge in [0.05, 0.1) is 11.4 Å². The fourth-order valence-corrected chi connectivity index (χ4v) is 5.10. The molecule has 1 aromatic rings. The number of nitrogen functional groups attached to an aromatic ring is 1. The van der Waals surface area contributed by atoms with E-state index in [0.29, 0.717) is 10.9 Å². The Morgan fingerprint density at radius 2 is 2.05 bits per heavy atom. The molecule has 1 heterocycles. The summed E-state index contributed by atoms with van der Waals surface area (Å²) in [5, 5.41) is 0.523. The monoisotopic (exact) mass is 331 g/mol. The highest BCUT2D eigenvalue weighted by Gasteiger charge is 2.31. The molecule has 2 rings (SSSR count). The molecule has 4 N–H and O–H groups in total. The smallest absolute Gasteiger partial charge is 0.261 e. The maximum Gasteiger partial charge on any atom is 0.261 e.